The van der Waals surface area contributed by atoms with E-state index in [1.807, 2.05) is 36.1 Å². The fourth-order valence-electron chi connectivity index (χ4n) is 4.28. The van der Waals surface area contributed by atoms with Crippen LogP contribution in [0.1, 0.15) is 11.5 Å². The second-order valence-corrected chi connectivity index (χ2v) is 8.51. The SMILES string of the molecule is Cc1cc(C[NH+]2CCN(C(=O)C[NH+]3CCN(c4ccccc4Cl)CC3)CC2)no1. The molecule has 1 aromatic carbocycles. The van der Waals surface area contributed by atoms with Gasteiger partial charge < -0.3 is 24.1 Å². The number of halogens is 1. The van der Waals surface area contributed by atoms with Gasteiger partial charge >= 0.3 is 0 Å². The van der Waals surface area contributed by atoms with Gasteiger partial charge in [-0.1, -0.05) is 28.9 Å². The van der Waals surface area contributed by atoms with E-state index in [-0.39, 0.29) is 5.91 Å². The van der Waals surface area contributed by atoms with Crippen LogP contribution in [0.5, 0.6) is 0 Å². The van der Waals surface area contributed by atoms with Gasteiger partial charge in [0.2, 0.25) is 0 Å². The zero-order chi connectivity index (χ0) is 20.2. The van der Waals surface area contributed by atoms with Crippen molar-refractivity contribution < 1.29 is 19.1 Å². The standard InChI is InChI=1S/C21H28ClN5O2/c1-17-14-18(23-29-17)15-24-8-12-27(13-9-24)21(28)16-25-6-10-26(11-7-25)20-5-3-2-4-19(20)22/h2-5,14H,6-13,15-16H2,1H3/p+2. The van der Waals surface area contributed by atoms with Crippen LogP contribution < -0.4 is 14.7 Å². The van der Waals surface area contributed by atoms with Crippen molar-refractivity contribution in [3.05, 3.63) is 46.8 Å². The number of rotatable bonds is 5. The second-order valence-electron chi connectivity index (χ2n) is 8.10. The Morgan fingerprint density at radius 3 is 2.45 bits per heavy atom. The summed E-state index contributed by atoms with van der Waals surface area (Å²) in [6.07, 6.45) is 0. The third-order valence-electron chi connectivity index (χ3n) is 6.00. The molecule has 1 amide bonds. The van der Waals surface area contributed by atoms with E-state index in [1.54, 1.807) is 0 Å². The second kappa shape index (κ2) is 9.15. The number of quaternary nitrogens is 2. The van der Waals surface area contributed by atoms with E-state index >= 15 is 0 Å². The Morgan fingerprint density at radius 1 is 1.10 bits per heavy atom. The number of amides is 1. The predicted molar refractivity (Wildman–Crippen MR) is 111 cm³/mol. The predicted octanol–water partition coefficient (Wildman–Crippen LogP) is -0.731. The van der Waals surface area contributed by atoms with Gasteiger partial charge in [-0.2, -0.15) is 0 Å². The smallest absolute Gasteiger partial charge is 0.278 e. The number of aryl methyl sites for hydroxylation is 1. The van der Waals surface area contributed by atoms with Gasteiger partial charge in [-0.15, -0.1) is 0 Å². The summed E-state index contributed by atoms with van der Waals surface area (Å²) in [5.41, 5.74) is 2.10. The first-order valence-corrected chi connectivity index (χ1v) is 10.8. The fraction of sp³-hybridized carbons (Fsp3) is 0.524. The Balaban J connectivity index is 1.20. The highest BCUT2D eigenvalue weighted by atomic mass is 35.5. The molecule has 0 atom stereocenters. The first-order valence-electron chi connectivity index (χ1n) is 10.4. The summed E-state index contributed by atoms with van der Waals surface area (Å²) in [5, 5.41) is 4.88. The van der Waals surface area contributed by atoms with E-state index in [0.717, 1.165) is 81.1 Å². The highest BCUT2D eigenvalue weighted by molar-refractivity contribution is 6.33. The molecule has 156 valence electrons. The largest absolute Gasteiger partial charge is 0.361 e. The molecule has 0 unspecified atom stereocenters. The Kier molecular flexibility index (Phi) is 6.37. The molecule has 2 aliphatic rings. The zero-order valence-corrected chi connectivity index (χ0v) is 17.7. The third kappa shape index (κ3) is 5.10. The maximum atomic E-state index is 12.8. The quantitative estimate of drug-likeness (QED) is 0.671. The van der Waals surface area contributed by atoms with Gasteiger partial charge in [-0.25, -0.2) is 0 Å². The number of piperazine rings is 2. The lowest BCUT2D eigenvalue weighted by molar-refractivity contribution is -0.918. The maximum Gasteiger partial charge on any atom is 0.278 e. The van der Waals surface area contributed by atoms with Crippen molar-refractivity contribution in [3.8, 4) is 0 Å². The highest BCUT2D eigenvalue weighted by Crippen LogP contribution is 2.24. The molecule has 2 N–H and O–H groups in total. The van der Waals surface area contributed by atoms with Crippen molar-refractivity contribution in [2.24, 2.45) is 0 Å². The van der Waals surface area contributed by atoms with Crippen molar-refractivity contribution in [2.75, 3.05) is 63.8 Å². The average Bonchev–Trinajstić information content (AvgIpc) is 3.14. The Labute approximate surface area is 176 Å². The van der Waals surface area contributed by atoms with Crippen LogP contribution in [0.15, 0.2) is 34.9 Å². The molecule has 4 rings (SSSR count). The minimum atomic E-state index is 0.280. The number of aromatic nitrogens is 1. The Bertz CT molecular complexity index is 826. The van der Waals surface area contributed by atoms with Gasteiger partial charge in [0.25, 0.3) is 5.91 Å². The van der Waals surface area contributed by atoms with E-state index in [0.29, 0.717) is 6.54 Å². The van der Waals surface area contributed by atoms with E-state index < -0.39 is 0 Å². The lowest BCUT2D eigenvalue weighted by atomic mass is 10.2. The van der Waals surface area contributed by atoms with Gasteiger partial charge in [0, 0.05) is 6.07 Å². The van der Waals surface area contributed by atoms with Crippen LogP contribution >= 0.6 is 11.6 Å². The molecule has 1 aromatic heterocycles. The molecule has 0 radical (unpaired) electrons. The van der Waals surface area contributed by atoms with E-state index in [2.05, 4.69) is 16.1 Å². The Hall–Kier alpha value is -2.09. The van der Waals surface area contributed by atoms with Crippen LogP contribution in [0.4, 0.5) is 5.69 Å². The van der Waals surface area contributed by atoms with Crippen molar-refractivity contribution in [3.63, 3.8) is 0 Å². The molecule has 29 heavy (non-hydrogen) atoms. The summed E-state index contributed by atoms with van der Waals surface area (Å²) in [4.78, 5) is 20.0. The summed E-state index contributed by atoms with van der Waals surface area (Å²) in [6.45, 7) is 10.8. The normalized spacial score (nSPS) is 19.0. The maximum absolute atomic E-state index is 12.8. The lowest BCUT2D eigenvalue weighted by Gasteiger charge is -2.36. The van der Waals surface area contributed by atoms with Crippen LogP contribution in [0.25, 0.3) is 0 Å². The number of hydrogen-bond acceptors (Lipinski definition) is 4. The van der Waals surface area contributed by atoms with Crippen molar-refractivity contribution >= 4 is 23.2 Å². The molecule has 0 aliphatic carbocycles. The number of anilines is 1. The number of para-hydroxylation sites is 1. The highest BCUT2D eigenvalue weighted by Gasteiger charge is 2.29. The van der Waals surface area contributed by atoms with Crippen molar-refractivity contribution in [1.29, 1.82) is 0 Å². The number of hydrogen-bond donors (Lipinski definition) is 2. The zero-order valence-electron chi connectivity index (χ0n) is 17.0. The first kappa shape index (κ1) is 20.2. The molecular formula is C21H30ClN5O2+2. The number of benzene rings is 1. The van der Waals surface area contributed by atoms with Gasteiger partial charge in [-0.05, 0) is 19.1 Å². The monoisotopic (exact) mass is 419 g/mol. The number of carbonyl (C=O) groups is 1. The molecule has 2 fully saturated rings. The summed E-state index contributed by atoms with van der Waals surface area (Å²) in [7, 11) is 0. The van der Waals surface area contributed by atoms with Gasteiger partial charge in [0.1, 0.15) is 18.0 Å². The summed E-state index contributed by atoms with van der Waals surface area (Å²) in [6, 6.07) is 9.98. The van der Waals surface area contributed by atoms with Crippen molar-refractivity contribution in [1.82, 2.24) is 10.1 Å². The molecule has 0 spiro atoms. The molecular weight excluding hydrogens is 390 g/mol. The molecule has 0 bridgehead atoms. The van der Waals surface area contributed by atoms with E-state index in [4.69, 9.17) is 16.1 Å². The van der Waals surface area contributed by atoms with Crippen LogP contribution in [0, 0.1) is 6.92 Å². The van der Waals surface area contributed by atoms with Crippen LogP contribution in [0.3, 0.4) is 0 Å². The third-order valence-corrected chi connectivity index (χ3v) is 6.32. The minimum absolute atomic E-state index is 0.280. The molecule has 2 aromatic rings. The van der Waals surface area contributed by atoms with Crippen LogP contribution in [-0.4, -0.2) is 74.9 Å². The molecule has 2 aliphatic heterocycles. The minimum Gasteiger partial charge on any atom is -0.361 e. The summed E-state index contributed by atoms with van der Waals surface area (Å²) >= 11 is 6.32. The summed E-state index contributed by atoms with van der Waals surface area (Å²) < 4.78 is 5.15. The Morgan fingerprint density at radius 2 is 1.79 bits per heavy atom. The molecule has 2 saturated heterocycles. The van der Waals surface area contributed by atoms with Gasteiger partial charge in [-0.3, -0.25) is 4.79 Å². The number of carbonyl (C=O) groups excluding carboxylic acids is 1. The summed E-state index contributed by atoms with van der Waals surface area (Å²) in [5.74, 6) is 1.13. The number of nitrogens with one attached hydrogen (secondary N) is 2. The molecule has 8 heteroatoms. The first-order chi connectivity index (χ1) is 14.1. The fourth-order valence-corrected chi connectivity index (χ4v) is 4.54. The number of nitrogens with zero attached hydrogens (tertiary/aromatic N) is 3. The molecule has 0 saturated carbocycles. The van der Waals surface area contributed by atoms with Crippen molar-refractivity contribution in [2.45, 2.75) is 13.5 Å². The molecule has 7 nitrogen and oxygen atoms in total. The van der Waals surface area contributed by atoms with E-state index in [1.165, 1.54) is 9.80 Å². The van der Waals surface area contributed by atoms with Gasteiger partial charge in [0.05, 0.1) is 63.1 Å². The molecule has 3 heterocycles. The van der Waals surface area contributed by atoms with Gasteiger partial charge in [0.15, 0.2) is 6.54 Å². The topological polar surface area (TPSA) is 58.5 Å². The average molecular weight is 420 g/mol. The van der Waals surface area contributed by atoms with Crippen LogP contribution in [0.2, 0.25) is 5.02 Å². The van der Waals surface area contributed by atoms with E-state index in [9.17, 15) is 4.79 Å². The lowest BCUT2D eigenvalue weighted by Crippen LogP contribution is -3.16. The van der Waals surface area contributed by atoms with Crippen LogP contribution in [-0.2, 0) is 11.3 Å².